The summed E-state index contributed by atoms with van der Waals surface area (Å²) in [5, 5.41) is 0. The molecule has 2 N–H and O–H groups in total. The quantitative estimate of drug-likeness (QED) is 0.770. The van der Waals surface area contributed by atoms with E-state index in [1.807, 2.05) is 19.9 Å². The molecule has 4 heteroatoms. The van der Waals surface area contributed by atoms with Gasteiger partial charge in [0.2, 0.25) is 0 Å². The lowest BCUT2D eigenvalue weighted by Crippen LogP contribution is -2.18. The van der Waals surface area contributed by atoms with Crippen molar-refractivity contribution in [1.29, 1.82) is 0 Å². The Hall–Kier alpha value is -0.740. The Labute approximate surface area is 131 Å². The molecule has 0 aliphatic heterocycles. The van der Waals surface area contributed by atoms with Crippen molar-refractivity contribution in [3.8, 4) is 11.5 Å². The standard InChI is InChI=1S/C16H26BrNO2/c1-5-11(3)10-20-16-14(17)8-13(7-12(4)18)9-15(16)19-6-2/h8-9,11-12H,5-7,10,18H2,1-4H3. The lowest BCUT2D eigenvalue weighted by molar-refractivity contribution is 0.236. The number of ether oxygens (including phenoxy) is 2. The Morgan fingerprint density at radius 2 is 1.90 bits per heavy atom. The van der Waals surface area contributed by atoms with Crippen LogP contribution in [0, 0.1) is 5.92 Å². The third kappa shape index (κ3) is 5.33. The molecular weight excluding hydrogens is 318 g/mol. The van der Waals surface area contributed by atoms with Crippen LogP contribution in [-0.4, -0.2) is 19.3 Å². The average molecular weight is 344 g/mol. The predicted molar refractivity (Wildman–Crippen MR) is 87.6 cm³/mol. The number of nitrogens with two attached hydrogens (primary N) is 1. The minimum absolute atomic E-state index is 0.128. The van der Waals surface area contributed by atoms with Gasteiger partial charge in [-0.3, -0.25) is 0 Å². The molecule has 20 heavy (non-hydrogen) atoms. The first-order valence-electron chi connectivity index (χ1n) is 7.31. The van der Waals surface area contributed by atoms with Gasteiger partial charge in [0.05, 0.1) is 17.7 Å². The molecule has 0 aliphatic rings. The van der Waals surface area contributed by atoms with Gasteiger partial charge < -0.3 is 15.2 Å². The van der Waals surface area contributed by atoms with Gasteiger partial charge in [-0.25, -0.2) is 0 Å². The highest BCUT2D eigenvalue weighted by molar-refractivity contribution is 9.10. The maximum absolute atomic E-state index is 5.93. The molecule has 0 aliphatic carbocycles. The first-order chi connectivity index (χ1) is 9.47. The summed E-state index contributed by atoms with van der Waals surface area (Å²) in [6, 6.07) is 4.23. The maximum atomic E-state index is 5.93. The van der Waals surface area contributed by atoms with Crippen LogP contribution in [0.4, 0.5) is 0 Å². The van der Waals surface area contributed by atoms with Crippen LogP contribution in [-0.2, 0) is 6.42 Å². The SMILES string of the molecule is CCOc1cc(CC(C)N)cc(Br)c1OCC(C)CC. The van der Waals surface area contributed by atoms with Gasteiger partial charge in [-0.05, 0) is 59.8 Å². The van der Waals surface area contributed by atoms with E-state index in [2.05, 4.69) is 35.8 Å². The van der Waals surface area contributed by atoms with Crippen molar-refractivity contribution in [2.24, 2.45) is 11.7 Å². The molecule has 0 aromatic heterocycles. The van der Waals surface area contributed by atoms with E-state index in [-0.39, 0.29) is 6.04 Å². The van der Waals surface area contributed by atoms with Crippen LogP contribution in [0.5, 0.6) is 11.5 Å². The van der Waals surface area contributed by atoms with Crippen LogP contribution in [0.15, 0.2) is 16.6 Å². The fraction of sp³-hybridized carbons (Fsp3) is 0.625. The molecule has 114 valence electrons. The van der Waals surface area contributed by atoms with Crippen LogP contribution < -0.4 is 15.2 Å². The predicted octanol–water partition coefficient (Wildman–Crippen LogP) is 4.16. The lowest BCUT2D eigenvalue weighted by atomic mass is 10.1. The van der Waals surface area contributed by atoms with Crippen LogP contribution in [0.1, 0.15) is 39.7 Å². The highest BCUT2D eigenvalue weighted by Crippen LogP contribution is 2.37. The molecule has 1 rings (SSSR count). The molecule has 0 fully saturated rings. The van der Waals surface area contributed by atoms with E-state index in [4.69, 9.17) is 15.2 Å². The summed E-state index contributed by atoms with van der Waals surface area (Å²) in [5.74, 6) is 2.11. The van der Waals surface area contributed by atoms with Crippen molar-refractivity contribution in [3.63, 3.8) is 0 Å². The van der Waals surface area contributed by atoms with Crippen molar-refractivity contribution >= 4 is 15.9 Å². The first-order valence-corrected chi connectivity index (χ1v) is 8.10. The highest BCUT2D eigenvalue weighted by atomic mass is 79.9. The lowest BCUT2D eigenvalue weighted by Gasteiger charge is -2.18. The van der Waals surface area contributed by atoms with E-state index in [9.17, 15) is 0 Å². The fourth-order valence-corrected chi connectivity index (χ4v) is 2.46. The van der Waals surface area contributed by atoms with E-state index in [1.165, 1.54) is 0 Å². The summed E-state index contributed by atoms with van der Waals surface area (Å²) in [5.41, 5.74) is 7.02. The highest BCUT2D eigenvalue weighted by Gasteiger charge is 2.14. The topological polar surface area (TPSA) is 44.5 Å². The Balaban J connectivity index is 2.96. The average Bonchev–Trinajstić information content (AvgIpc) is 2.37. The summed E-state index contributed by atoms with van der Waals surface area (Å²) in [7, 11) is 0. The second-order valence-corrected chi connectivity index (χ2v) is 6.20. The number of hydrogen-bond donors (Lipinski definition) is 1. The van der Waals surface area contributed by atoms with Crippen LogP contribution in [0.25, 0.3) is 0 Å². The summed E-state index contributed by atoms with van der Waals surface area (Å²) in [4.78, 5) is 0. The molecule has 0 bridgehead atoms. The molecule has 0 saturated carbocycles. The Morgan fingerprint density at radius 1 is 1.20 bits per heavy atom. The van der Waals surface area contributed by atoms with Crippen molar-refractivity contribution < 1.29 is 9.47 Å². The summed E-state index contributed by atoms with van der Waals surface area (Å²) >= 11 is 3.58. The van der Waals surface area contributed by atoms with Gasteiger partial charge in [-0.2, -0.15) is 0 Å². The molecular formula is C16H26BrNO2. The third-order valence-corrected chi connectivity index (χ3v) is 3.72. The monoisotopic (exact) mass is 343 g/mol. The Bertz CT molecular complexity index is 421. The van der Waals surface area contributed by atoms with E-state index in [0.29, 0.717) is 19.1 Å². The molecule has 3 nitrogen and oxygen atoms in total. The zero-order valence-electron chi connectivity index (χ0n) is 12.9. The number of benzene rings is 1. The van der Waals surface area contributed by atoms with E-state index in [1.54, 1.807) is 0 Å². The smallest absolute Gasteiger partial charge is 0.175 e. The van der Waals surface area contributed by atoms with Gasteiger partial charge in [0.1, 0.15) is 0 Å². The van der Waals surface area contributed by atoms with Crippen molar-refractivity contribution in [3.05, 3.63) is 22.2 Å². The second kappa shape index (κ2) is 8.53. The third-order valence-electron chi connectivity index (χ3n) is 3.14. The van der Waals surface area contributed by atoms with Crippen LogP contribution in [0.2, 0.25) is 0 Å². The normalized spacial score (nSPS) is 13.9. The second-order valence-electron chi connectivity index (χ2n) is 5.34. The number of halogens is 1. The molecule has 0 spiro atoms. The Kier molecular flexibility index (Phi) is 7.38. The van der Waals surface area contributed by atoms with Crippen molar-refractivity contribution in [1.82, 2.24) is 0 Å². The molecule has 0 amide bonds. The molecule has 2 atom stereocenters. The van der Waals surface area contributed by atoms with Crippen LogP contribution in [0.3, 0.4) is 0 Å². The molecule has 1 aromatic rings. The molecule has 2 unspecified atom stereocenters. The van der Waals surface area contributed by atoms with Crippen LogP contribution >= 0.6 is 15.9 Å². The van der Waals surface area contributed by atoms with Crippen molar-refractivity contribution in [2.75, 3.05) is 13.2 Å². The number of hydrogen-bond acceptors (Lipinski definition) is 3. The summed E-state index contributed by atoms with van der Waals surface area (Å²) in [6.45, 7) is 9.64. The fourth-order valence-electron chi connectivity index (χ4n) is 1.86. The largest absolute Gasteiger partial charge is 0.490 e. The van der Waals surface area contributed by atoms with Gasteiger partial charge in [0.15, 0.2) is 11.5 Å². The minimum Gasteiger partial charge on any atom is -0.490 e. The summed E-state index contributed by atoms with van der Waals surface area (Å²) < 4.78 is 12.6. The summed E-state index contributed by atoms with van der Waals surface area (Å²) in [6.07, 6.45) is 1.93. The number of rotatable bonds is 8. The Morgan fingerprint density at radius 3 is 2.45 bits per heavy atom. The molecule has 0 heterocycles. The van der Waals surface area contributed by atoms with Crippen molar-refractivity contribution in [2.45, 2.75) is 46.6 Å². The van der Waals surface area contributed by atoms with Gasteiger partial charge in [-0.15, -0.1) is 0 Å². The molecule has 0 radical (unpaired) electrons. The van der Waals surface area contributed by atoms with Gasteiger partial charge in [0, 0.05) is 6.04 Å². The van der Waals surface area contributed by atoms with Gasteiger partial charge in [-0.1, -0.05) is 20.3 Å². The molecule has 1 aromatic carbocycles. The van der Waals surface area contributed by atoms with Gasteiger partial charge >= 0.3 is 0 Å². The zero-order valence-corrected chi connectivity index (χ0v) is 14.5. The van der Waals surface area contributed by atoms with E-state index < -0.39 is 0 Å². The van der Waals surface area contributed by atoms with E-state index in [0.717, 1.165) is 34.4 Å². The van der Waals surface area contributed by atoms with Gasteiger partial charge in [0.25, 0.3) is 0 Å². The first kappa shape index (κ1) is 17.3. The molecule has 0 saturated heterocycles. The minimum atomic E-state index is 0.128. The maximum Gasteiger partial charge on any atom is 0.175 e. The zero-order chi connectivity index (χ0) is 15.1. The van der Waals surface area contributed by atoms with E-state index >= 15 is 0 Å².